The maximum absolute atomic E-state index is 12.8. The van der Waals surface area contributed by atoms with Crippen LogP contribution in [0.15, 0.2) is 24.3 Å². The van der Waals surface area contributed by atoms with Crippen LogP contribution in [0.5, 0.6) is 0 Å². The molecular weight excluding hydrogens is 271 g/mol. The number of halogens is 1. The lowest BCUT2D eigenvalue weighted by molar-refractivity contribution is -0.122. The summed E-state index contributed by atoms with van der Waals surface area (Å²) in [5.41, 5.74) is 0.906. The summed E-state index contributed by atoms with van der Waals surface area (Å²) in [6.45, 7) is 3.57. The molecule has 2 rings (SSSR count). The topological polar surface area (TPSA) is 41.6 Å². The van der Waals surface area contributed by atoms with E-state index >= 15 is 0 Å². The van der Waals surface area contributed by atoms with Crippen LogP contribution >= 0.6 is 0 Å². The van der Waals surface area contributed by atoms with E-state index in [-0.39, 0.29) is 11.7 Å². The van der Waals surface area contributed by atoms with E-state index < -0.39 is 0 Å². The molecule has 4 nitrogen and oxygen atoms in total. The van der Waals surface area contributed by atoms with Crippen LogP contribution in [0.25, 0.3) is 0 Å². The summed E-state index contributed by atoms with van der Waals surface area (Å²) in [5.74, 6) is 0.377. The van der Waals surface area contributed by atoms with Crippen LogP contribution < -0.4 is 5.32 Å². The van der Waals surface area contributed by atoms with Gasteiger partial charge in [-0.25, -0.2) is 4.39 Å². The smallest absolute Gasteiger partial charge is 0.234 e. The van der Waals surface area contributed by atoms with Gasteiger partial charge in [0.25, 0.3) is 0 Å². The summed E-state index contributed by atoms with van der Waals surface area (Å²) in [6.07, 6.45) is 2.16. The number of methoxy groups -OCH3 is 1. The molecule has 0 aliphatic carbocycles. The number of nitrogens with zero attached hydrogens (tertiary/aromatic N) is 1. The summed E-state index contributed by atoms with van der Waals surface area (Å²) >= 11 is 0. The molecule has 0 atom stereocenters. The zero-order valence-corrected chi connectivity index (χ0v) is 12.5. The molecule has 1 aromatic rings. The fourth-order valence-electron chi connectivity index (χ4n) is 2.61. The molecule has 1 amide bonds. The first kappa shape index (κ1) is 15.9. The number of hydrogen-bond donors (Lipinski definition) is 1. The summed E-state index contributed by atoms with van der Waals surface area (Å²) < 4.78 is 17.9. The van der Waals surface area contributed by atoms with Gasteiger partial charge in [-0.15, -0.1) is 0 Å². The van der Waals surface area contributed by atoms with Gasteiger partial charge in [-0.2, -0.15) is 0 Å². The van der Waals surface area contributed by atoms with Gasteiger partial charge in [0.05, 0.1) is 6.54 Å². The SMILES string of the molecule is COCC1CCN(CC(=O)NCc2ccc(F)cc2)CC1. The molecule has 0 aromatic heterocycles. The van der Waals surface area contributed by atoms with Crippen molar-refractivity contribution in [2.75, 3.05) is 33.4 Å². The minimum absolute atomic E-state index is 0.0181. The van der Waals surface area contributed by atoms with Crippen LogP contribution in [-0.4, -0.2) is 44.2 Å². The van der Waals surface area contributed by atoms with Crippen molar-refractivity contribution in [3.63, 3.8) is 0 Å². The van der Waals surface area contributed by atoms with E-state index in [1.165, 1.54) is 12.1 Å². The largest absolute Gasteiger partial charge is 0.384 e. The van der Waals surface area contributed by atoms with E-state index in [9.17, 15) is 9.18 Å². The van der Waals surface area contributed by atoms with Gasteiger partial charge in [0, 0.05) is 20.3 Å². The van der Waals surface area contributed by atoms with E-state index in [4.69, 9.17) is 4.74 Å². The van der Waals surface area contributed by atoms with Crippen molar-refractivity contribution in [3.05, 3.63) is 35.6 Å². The molecule has 0 saturated carbocycles. The predicted molar refractivity (Wildman–Crippen MR) is 79.3 cm³/mol. The molecule has 1 heterocycles. The molecule has 1 N–H and O–H groups in total. The highest BCUT2D eigenvalue weighted by atomic mass is 19.1. The molecule has 0 spiro atoms. The van der Waals surface area contributed by atoms with Gasteiger partial charge in [-0.05, 0) is 49.5 Å². The second kappa shape index (κ2) is 8.10. The molecular formula is C16H23FN2O2. The fourth-order valence-corrected chi connectivity index (χ4v) is 2.61. The molecule has 116 valence electrons. The monoisotopic (exact) mass is 294 g/mol. The average molecular weight is 294 g/mol. The number of piperidine rings is 1. The minimum atomic E-state index is -0.260. The van der Waals surface area contributed by atoms with Crippen molar-refractivity contribution in [2.24, 2.45) is 5.92 Å². The third-order valence-electron chi connectivity index (χ3n) is 3.88. The molecule has 0 bridgehead atoms. The van der Waals surface area contributed by atoms with Crippen LogP contribution in [-0.2, 0) is 16.1 Å². The first-order chi connectivity index (χ1) is 10.2. The lowest BCUT2D eigenvalue weighted by Gasteiger charge is -2.31. The van der Waals surface area contributed by atoms with Gasteiger partial charge in [0.2, 0.25) is 5.91 Å². The Hall–Kier alpha value is -1.46. The number of ether oxygens (including phenoxy) is 1. The highest BCUT2D eigenvalue weighted by Gasteiger charge is 2.20. The molecule has 1 fully saturated rings. The molecule has 1 aliphatic heterocycles. The summed E-state index contributed by atoms with van der Waals surface area (Å²) in [5, 5.41) is 2.87. The number of carbonyl (C=O) groups is 1. The third-order valence-corrected chi connectivity index (χ3v) is 3.88. The number of benzene rings is 1. The molecule has 21 heavy (non-hydrogen) atoms. The predicted octanol–water partition coefficient (Wildman–Crippen LogP) is 1.80. The Bertz CT molecular complexity index is 442. The van der Waals surface area contributed by atoms with Crippen molar-refractivity contribution in [1.82, 2.24) is 10.2 Å². The lowest BCUT2D eigenvalue weighted by Crippen LogP contribution is -2.41. The Balaban J connectivity index is 1.67. The molecule has 1 saturated heterocycles. The number of nitrogens with one attached hydrogen (secondary N) is 1. The van der Waals surface area contributed by atoms with E-state index in [2.05, 4.69) is 10.2 Å². The Kier molecular flexibility index (Phi) is 6.14. The Labute approximate surface area is 125 Å². The minimum Gasteiger partial charge on any atom is -0.384 e. The highest BCUT2D eigenvalue weighted by Crippen LogP contribution is 2.16. The van der Waals surface area contributed by atoms with E-state index in [0.29, 0.717) is 19.0 Å². The zero-order chi connectivity index (χ0) is 15.1. The van der Waals surface area contributed by atoms with E-state index in [1.54, 1.807) is 19.2 Å². The van der Waals surface area contributed by atoms with Crippen molar-refractivity contribution >= 4 is 5.91 Å². The number of hydrogen-bond acceptors (Lipinski definition) is 3. The maximum Gasteiger partial charge on any atom is 0.234 e. The Morgan fingerprint density at radius 2 is 2.00 bits per heavy atom. The summed E-state index contributed by atoms with van der Waals surface area (Å²) in [6, 6.07) is 6.18. The van der Waals surface area contributed by atoms with Crippen LogP contribution in [0.4, 0.5) is 4.39 Å². The van der Waals surface area contributed by atoms with Crippen molar-refractivity contribution in [1.29, 1.82) is 0 Å². The molecule has 0 radical (unpaired) electrons. The zero-order valence-electron chi connectivity index (χ0n) is 12.5. The van der Waals surface area contributed by atoms with Crippen LogP contribution in [0.1, 0.15) is 18.4 Å². The number of rotatable bonds is 6. The summed E-state index contributed by atoms with van der Waals surface area (Å²) in [7, 11) is 1.73. The van der Waals surface area contributed by atoms with Gasteiger partial charge in [-0.3, -0.25) is 9.69 Å². The van der Waals surface area contributed by atoms with E-state index in [0.717, 1.165) is 38.1 Å². The van der Waals surface area contributed by atoms with Crippen LogP contribution in [0, 0.1) is 11.7 Å². The fraction of sp³-hybridized carbons (Fsp3) is 0.562. The van der Waals surface area contributed by atoms with Crippen LogP contribution in [0.3, 0.4) is 0 Å². The van der Waals surface area contributed by atoms with Gasteiger partial charge < -0.3 is 10.1 Å². The molecule has 0 unspecified atom stereocenters. The van der Waals surface area contributed by atoms with Gasteiger partial charge >= 0.3 is 0 Å². The van der Waals surface area contributed by atoms with Gasteiger partial charge in [0.1, 0.15) is 5.82 Å². The quantitative estimate of drug-likeness (QED) is 0.870. The van der Waals surface area contributed by atoms with Gasteiger partial charge in [-0.1, -0.05) is 12.1 Å². The van der Waals surface area contributed by atoms with Crippen molar-refractivity contribution < 1.29 is 13.9 Å². The number of likely N-dealkylation sites (tertiary alicyclic amines) is 1. The first-order valence-electron chi connectivity index (χ1n) is 7.40. The van der Waals surface area contributed by atoms with Crippen molar-refractivity contribution in [3.8, 4) is 0 Å². The molecule has 1 aromatic carbocycles. The summed E-state index contributed by atoms with van der Waals surface area (Å²) in [4.78, 5) is 14.1. The second-order valence-electron chi connectivity index (χ2n) is 5.58. The highest BCUT2D eigenvalue weighted by molar-refractivity contribution is 5.78. The standard InChI is InChI=1S/C16H23FN2O2/c1-21-12-14-6-8-19(9-7-14)11-16(20)18-10-13-2-4-15(17)5-3-13/h2-5,14H,6-12H2,1H3,(H,18,20). The average Bonchev–Trinajstić information content (AvgIpc) is 2.49. The Morgan fingerprint density at radius 1 is 1.33 bits per heavy atom. The maximum atomic E-state index is 12.8. The normalized spacial score (nSPS) is 16.9. The first-order valence-corrected chi connectivity index (χ1v) is 7.40. The lowest BCUT2D eigenvalue weighted by atomic mass is 9.98. The van der Waals surface area contributed by atoms with E-state index in [1.807, 2.05) is 0 Å². The Morgan fingerprint density at radius 3 is 2.62 bits per heavy atom. The third kappa shape index (κ3) is 5.44. The van der Waals surface area contributed by atoms with Crippen molar-refractivity contribution in [2.45, 2.75) is 19.4 Å². The molecule has 1 aliphatic rings. The number of carbonyl (C=O) groups excluding carboxylic acids is 1. The second-order valence-corrected chi connectivity index (χ2v) is 5.58. The van der Waals surface area contributed by atoms with Gasteiger partial charge in [0.15, 0.2) is 0 Å². The number of amides is 1. The van der Waals surface area contributed by atoms with Crippen LogP contribution in [0.2, 0.25) is 0 Å². The molecule has 5 heteroatoms.